The van der Waals surface area contributed by atoms with Crippen LogP contribution in [0.15, 0.2) is 42.5 Å². The highest BCUT2D eigenvalue weighted by molar-refractivity contribution is 5.92. The molecule has 1 amide bonds. The lowest BCUT2D eigenvalue weighted by Crippen LogP contribution is -2.44. The van der Waals surface area contributed by atoms with Crippen molar-refractivity contribution in [2.75, 3.05) is 6.61 Å². The summed E-state index contributed by atoms with van der Waals surface area (Å²) in [6.07, 6.45) is 6.78. The molecule has 5 rings (SSSR count). The lowest BCUT2D eigenvalue weighted by Gasteiger charge is -2.50. The smallest absolute Gasteiger partial charge is 0.248 e. The van der Waals surface area contributed by atoms with Gasteiger partial charge in [-0.15, -0.1) is 0 Å². The number of hydrogen-bond acceptors (Lipinski definition) is 3. The van der Waals surface area contributed by atoms with Crippen molar-refractivity contribution in [3.63, 3.8) is 0 Å². The number of carbonyl (C=O) groups excluding carboxylic acids is 1. The molecule has 4 N–H and O–H groups in total. The van der Waals surface area contributed by atoms with E-state index in [1.165, 1.54) is 23.1 Å². The van der Waals surface area contributed by atoms with Gasteiger partial charge in [-0.05, 0) is 108 Å². The maximum atomic E-state index is 11.6. The average molecular weight is 434 g/mol. The molecule has 4 heteroatoms. The second-order valence-corrected chi connectivity index (χ2v) is 10.7. The van der Waals surface area contributed by atoms with Crippen LogP contribution in [0.3, 0.4) is 0 Å². The van der Waals surface area contributed by atoms with Crippen LogP contribution in [0.4, 0.5) is 0 Å². The van der Waals surface area contributed by atoms with Crippen molar-refractivity contribution in [1.82, 2.24) is 0 Å². The SMILES string of the molecule is C[C@]12CC[C@@H]3c4ccc(CCO)cc4CC[C@H]3[C@@H]1CC(Cc1cccc(C(N)=O)c1)[C@@H]2O. The Morgan fingerprint density at radius 1 is 1.16 bits per heavy atom. The number of nitrogens with two attached hydrogens (primary N) is 1. The molecule has 2 saturated carbocycles. The molecule has 0 saturated heterocycles. The fourth-order valence-corrected chi connectivity index (χ4v) is 7.42. The summed E-state index contributed by atoms with van der Waals surface area (Å²) in [7, 11) is 0. The first-order chi connectivity index (χ1) is 15.4. The van der Waals surface area contributed by atoms with Gasteiger partial charge in [-0.3, -0.25) is 4.79 Å². The number of carbonyl (C=O) groups is 1. The van der Waals surface area contributed by atoms with E-state index in [-0.39, 0.29) is 24.0 Å². The van der Waals surface area contributed by atoms with Gasteiger partial charge in [-0.1, -0.05) is 37.3 Å². The van der Waals surface area contributed by atoms with Gasteiger partial charge in [0.1, 0.15) is 0 Å². The molecule has 2 aromatic carbocycles. The zero-order valence-electron chi connectivity index (χ0n) is 19.0. The van der Waals surface area contributed by atoms with Crippen LogP contribution in [0.2, 0.25) is 0 Å². The fourth-order valence-electron chi connectivity index (χ4n) is 7.42. The number of aryl methyl sites for hydroxylation is 1. The van der Waals surface area contributed by atoms with Gasteiger partial charge in [-0.2, -0.15) is 0 Å². The molecule has 2 aromatic rings. The number of primary amides is 1. The van der Waals surface area contributed by atoms with E-state index in [4.69, 9.17) is 5.73 Å². The van der Waals surface area contributed by atoms with Gasteiger partial charge in [0.15, 0.2) is 0 Å². The van der Waals surface area contributed by atoms with Crippen molar-refractivity contribution in [1.29, 1.82) is 0 Å². The van der Waals surface area contributed by atoms with E-state index in [9.17, 15) is 15.0 Å². The Bertz CT molecular complexity index is 1020. The molecule has 0 aliphatic heterocycles. The quantitative estimate of drug-likeness (QED) is 0.666. The summed E-state index contributed by atoms with van der Waals surface area (Å²) in [6, 6.07) is 14.4. The predicted octanol–water partition coefficient (Wildman–Crippen LogP) is 4.01. The van der Waals surface area contributed by atoms with E-state index in [2.05, 4.69) is 25.1 Å². The van der Waals surface area contributed by atoms with Gasteiger partial charge in [0.25, 0.3) is 0 Å². The third kappa shape index (κ3) is 3.58. The van der Waals surface area contributed by atoms with Crippen molar-refractivity contribution < 1.29 is 15.0 Å². The van der Waals surface area contributed by atoms with Gasteiger partial charge in [0.2, 0.25) is 5.91 Å². The maximum absolute atomic E-state index is 11.6. The summed E-state index contributed by atoms with van der Waals surface area (Å²) in [5.74, 6) is 1.57. The maximum Gasteiger partial charge on any atom is 0.248 e. The van der Waals surface area contributed by atoms with Crippen molar-refractivity contribution in [3.05, 3.63) is 70.3 Å². The number of hydrogen-bond donors (Lipinski definition) is 3. The van der Waals surface area contributed by atoms with Crippen LogP contribution in [0.5, 0.6) is 0 Å². The van der Waals surface area contributed by atoms with Crippen molar-refractivity contribution in [2.24, 2.45) is 28.9 Å². The van der Waals surface area contributed by atoms with Crippen LogP contribution in [0.25, 0.3) is 0 Å². The van der Waals surface area contributed by atoms with Gasteiger partial charge >= 0.3 is 0 Å². The minimum atomic E-state index is -0.398. The minimum absolute atomic E-state index is 0.0263. The Kier molecular flexibility index (Phi) is 5.63. The van der Waals surface area contributed by atoms with E-state index in [0.717, 1.165) is 44.1 Å². The number of fused-ring (bicyclic) bond motifs is 5. The molecule has 3 aliphatic carbocycles. The molecular formula is C28H35NO3. The Morgan fingerprint density at radius 2 is 2.00 bits per heavy atom. The van der Waals surface area contributed by atoms with Crippen LogP contribution in [0.1, 0.15) is 71.1 Å². The Morgan fingerprint density at radius 3 is 2.78 bits per heavy atom. The minimum Gasteiger partial charge on any atom is -0.396 e. The molecule has 32 heavy (non-hydrogen) atoms. The van der Waals surface area contributed by atoms with Crippen LogP contribution in [-0.2, 0) is 19.3 Å². The highest BCUT2D eigenvalue weighted by Gasteiger charge is 2.57. The van der Waals surface area contributed by atoms with E-state index < -0.39 is 5.91 Å². The monoisotopic (exact) mass is 433 g/mol. The van der Waals surface area contributed by atoms with Gasteiger partial charge in [-0.25, -0.2) is 0 Å². The molecule has 2 fully saturated rings. The predicted molar refractivity (Wildman–Crippen MR) is 125 cm³/mol. The van der Waals surface area contributed by atoms with Crippen molar-refractivity contribution in [3.8, 4) is 0 Å². The van der Waals surface area contributed by atoms with Crippen LogP contribution < -0.4 is 5.73 Å². The first-order valence-electron chi connectivity index (χ1n) is 12.2. The Labute approximate surface area is 190 Å². The van der Waals surface area contributed by atoms with Crippen LogP contribution in [0, 0.1) is 23.2 Å². The largest absolute Gasteiger partial charge is 0.396 e. The third-order valence-electron chi connectivity index (χ3n) is 9.02. The van der Waals surface area contributed by atoms with Gasteiger partial charge in [0.05, 0.1) is 6.10 Å². The lowest BCUT2D eigenvalue weighted by molar-refractivity contribution is -0.0325. The van der Waals surface area contributed by atoms with E-state index in [1.807, 2.05) is 18.2 Å². The molecule has 6 atom stereocenters. The second-order valence-electron chi connectivity index (χ2n) is 10.7. The van der Waals surface area contributed by atoms with Crippen LogP contribution in [-0.4, -0.2) is 28.8 Å². The molecule has 4 nitrogen and oxygen atoms in total. The summed E-state index contributed by atoms with van der Waals surface area (Å²) in [5.41, 5.74) is 11.3. The number of aliphatic hydroxyl groups excluding tert-OH is 2. The zero-order valence-corrected chi connectivity index (χ0v) is 19.0. The molecule has 170 valence electrons. The second kappa shape index (κ2) is 8.31. The lowest BCUT2D eigenvalue weighted by atomic mass is 9.55. The molecule has 0 heterocycles. The third-order valence-corrected chi connectivity index (χ3v) is 9.02. The van der Waals surface area contributed by atoms with E-state index >= 15 is 0 Å². The molecule has 0 spiro atoms. The fraction of sp³-hybridized carbons (Fsp3) is 0.536. The van der Waals surface area contributed by atoms with Crippen molar-refractivity contribution >= 4 is 5.91 Å². The van der Waals surface area contributed by atoms with Crippen LogP contribution >= 0.6 is 0 Å². The summed E-state index contributed by atoms with van der Waals surface area (Å²) >= 11 is 0. The molecule has 0 bridgehead atoms. The average Bonchev–Trinajstić information content (AvgIpc) is 3.04. The number of amides is 1. The first kappa shape index (κ1) is 21.7. The van der Waals surface area contributed by atoms with E-state index in [1.54, 1.807) is 6.07 Å². The summed E-state index contributed by atoms with van der Waals surface area (Å²) in [5, 5.41) is 20.7. The molecule has 0 aromatic heterocycles. The molecule has 1 unspecified atom stereocenters. The molecule has 3 aliphatic rings. The topological polar surface area (TPSA) is 83.5 Å². The number of rotatable bonds is 5. The van der Waals surface area contributed by atoms with E-state index in [0.29, 0.717) is 23.3 Å². The Hall–Kier alpha value is -2.17. The molecule has 0 radical (unpaired) electrons. The summed E-state index contributed by atoms with van der Waals surface area (Å²) in [4.78, 5) is 11.6. The first-order valence-corrected chi connectivity index (χ1v) is 12.2. The highest BCUT2D eigenvalue weighted by atomic mass is 16.3. The zero-order chi connectivity index (χ0) is 22.5. The van der Waals surface area contributed by atoms with Gasteiger partial charge < -0.3 is 15.9 Å². The standard InChI is InChI=1S/C28H35NO3/c1-28-11-9-23-22-7-5-17(10-12-30)13-19(22)6-8-24(23)25(28)16-21(26(28)31)15-18-3-2-4-20(14-18)27(29)32/h2-5,7,13-14,21,23-26,30-31H,6,8-12,15-16H2,1H3,(H2,29,32)/t21?,23-,24-,25+,26+,28+/m1/s1. The molecular weight excluding hydrogens is 398 g/mol. The Balaban J connectivity index is 1.38. The highest BCUT2D eigenvalue weighted by Crippen LogP contribution is 2.62. The number of aliphatic hydroxyl groups is 2. The summed E-state index contributed by atoms with van der Waals surface area (Å²) in [6.45, 7) is 2.52. The normalized spacial score (nSPS) is 33.3. The van der Waals surface area contributed by atoms with Gasteiger partial charge in [0, 0.05) is 12.2 Å². The van der Waals surface area contributed by atoms with Crippen molar-refractivity contribution in [2.45, 2.75) is 63.9 Å². The number of benzene rings is 2. The summed E-state index contributed by atoms with van der Waals surface area (Å²) < 4.78 is 0.